The fourth-order valence-electron chi connectivity index (χ4n) is 1.74. The molecule has 0 radical (unpaired) electrons. The second-order valence-corrected chi connectivity index (χ2v) is 8.82. The Labute approximate surface area is 127 Å². The molecule has 0 rings (SSSR count). The second-order valence-electron chi connectivity index (χ2n) is 4.17. The summed E-state index contributed by atoms with van der Waals surface area (Å²) in [6, 6.07) is 0. The van der Waals surface area contributed by atoms with E-state index in [9.17, 15) is 13.9 Å². The molecule has 1 amide bonds. The van der Waals surface area contributed by atoms with Gasteiger partial charge in [-0.2, -0.15) is 0 Å². The first kappa shape index (κ1) is 20.8. The summed E-state index contributed by atoms with van der Waals surface area (Å²) in [6.45, 7) is 7.99. The van der Waals surface area contributed by atoms with Crippen LogP contribution in [-0.2, 0) is 22.7 Å². The Morgan fingerprint density at radius 2 is 1.43 bits per heavy atom. The van der Waals surface area contributed by atoms with Crippen LogP contribution in [0.1, 0.15) is 34.1 Å². The normalized spacial score (nSPS) is 14.7. The number of carbonyl (C=O) groups is 1. The lowest BCUT2D eigenvalue weighted by Gasteiger charge is -2.19. The van der Waals surface area contributed by atoms with Crippen LogP contribution < -0.4 is 5.32 Å². The average Bonchev–Trinajstić information content (AvgIpc) is 2.39. The minimum atomic E-state index is -3.43. The van der Waals surface area contributed by atoms with E-state index >= 15 is 0 Å². The first-order valence-corrected chi connectivity index (χ1v) is 10.8. The Bertz CT molecular complexity index is 391. The highest BCUT2D eigenvalue weighted by Crippen LogP contribution is 2.52. The minimum Gasteiger partial charge on any atom is -0.348 e. The summed E-state index contributed by atoms with van der Waals surface area (Å²) < 4.78 is 40.2. The number of hydrogen-bond acceptors (Lipinski definition) is 6. The summed E-state index contributed by atoms with van der Waals surface area (Å²) in [7, 11) is -6.61. The molecule has 0 aliphatic heterocycles. The summed E-state index contributed by atoms with van der Waals surface area (Å²) in [5.74, 6) is 0. The molecule has 1 N–H and O–H groups in total. The van der Waals surface area contributed by atoms with Crippen LogP contribution in [0.2, 0.25) is 0 Å². The topological polar surface area (TPSA) is 90.9 Å². The van der Waals surface area contributed by atoms with Gasteiger partial charge in [0.05, 0.1) is 26.0 Å². The summed E-state index contributed by atoms with van der Waals surface area (Å²) in [4.78, 5) is 11.8. The number of nitrogens with one attached hydrogen (secondary N) is 1. The molecule has 0 fully saturated rings. The molecule has 0 saturated carbocycles. The van der Waals surface area contributed by atoms with E-state index in [2.05, 4.69) is 5.32 Å². The molecule has 0 aromatic heterocycles. The number of carbonyl (C=O) groups excluding carboxylic acids is 1. The summed E-state index contributed by atoms with van der Waals surface area (Å²) in [6.07, 6.45) is 0.410. The van der Waals surface area contributed by atoms with Crippen molar-refractivity contribution in [3.63, 3.8) is 0 Å². The fourth-order valence-corrected chi connectivity index (χ4v) is 5.49. The standard InChI is InChI=1S/C12H27NO6P2/c1-5-13-12(14)20(15,17-6-2)10-9-11-21(16,18-7-3)19-8-4/h5-11H2,1-4H3,(H,13,14). The van der Waals surface area contributed by atoms with Crippen molar-refractivity contribution in [3.05, 3.63) is 0 Å². The van der Waals surface area contributed by atoms with Gasteiger partial charge in [-0.05, 0) is 34.1 Å². The molecular weight excluding hydrogens is 316 g/mol. The largest absolute Gasteiger partial charge is 0.348 e. The van der Waals surface area contributed by atoms with Crippen LogP contribution in [0.5, 0.6) is 0 Å². The third kappa shape index (κ3) is 7.57. The molecular formula is C12H27NO6P2. The van der Waals surface area contributed by atoms with Crippen LogP contribution in [0.4, 0.5) is 4.79 Å². The predicted molar refractivity (Wildman–Crippen MR) is 83.5 cm³/mol. The highest BCUT2D eigenvalue weighted by atomic mass is 31.2. The maximum Gasteiger partial charge on any atom is 0.330 e. The third-order valence-electron chi connectivity index (χ3n) is 2.51. The summed E-state index contributed by atoms with van der Waals surface area (Å²) in [5, 5.41) is 2.51. The zero-order chi connectivity index (χ0) is 16.4. The molecule has 0 aliphatic carbocycles. The first-order valence-electron chi connectivity index (χ1n) is 7.27. The van der Waals surface area contributed by atoms with Crippen molar-refractivity contribution in [1.82, 2.24) is 5.32 Å². The predicted octanol–water partition coefficient (Wildman–Crippen LogP) is 3.69. The molecule has 0 saturated heterocycles. The maximum absolute atomic E-state index is 12.5. The molecule has 0 aromatic carbocycles. The highest BCUT2D eigenvalue weighted by molar-refractivity contribution is 7.76. The van der Waals surface area contributed by atoms with E-state index < -0.39 is 20.6 Å². The van der Waals surface area contributed by atoms with E-state index in [4.69, 9.17) is 13.6 Å². The Morgan fingerprint density at radius 3 is 1.86 bits per heavy atom. The van der Waals surface area contributed by atoms with Crippen molar-refractivity contribution in [2.45, 2.75) is 34.1 Å². The molecule has 1 unspecified atom stereocenters. The van der Waals surface area contributed by atoms with E-state index in [1.54, 1.807) is 27.7 Å². The van der Waals surface area contributed by atoms with Crippen molar-refractivity contribution < 1.29 is 27.5 Å². The van der Waals surface area contributed by atoms with Gasteiger partial charge in [-0.25, -0.2) is 0 Å². The first-order chi connectivity index (χ1) is 9.87. The molecule has 0 aliphatic rings. The number of hydrogen-bond donors (Lipinski definition) is 1. The van der Waals surface area contributed by atoms with Crippen molar-refractivity contribution in [2.75, 3.05) is 38.7 Å². The van der Waals surface area contributed by atoms with Crippen molar-refractivity contribution in [3.8, 4) is 0 Å². The van der Waals surface area contributed by atoms with Crippen LogP contribution in [0.15, 0.2) is 0 Å². The molecule has 0 bridgehead atoms. The molecule has 7 nitrogen and oxygen atoms in total. The lowest BCUT2D eigenvalue weighted by atomic mass is 10.6. The van der Waals surface area contributed by atoms with Crippen molar-refractivity contribution in [2.24, 2.45) is 0 Å². The van der Waals surface area contributed by atoms with Crippen LogP contribution in [0, 0.1) is 0 Å². The quantitative estimate of drug-likeness (QED) is 0.544. The summed E-state index contributed by atoms with van der Waals surface area (Å²) >= 11 is 0. The molecule has 1 atom stereocenters. The average molecular weight is 343 g/mol. The Kier molecular flexibility index (Phi) is 10.4. The van der Waals surface area contributed by atoms with Crippen LogP contribution >= 0.6 is 15.0 Å². The van der Waals surface area contributed by atoms with Crippen LogP contribution in [0.25, 0.3) is 0 Å². The van der Waals surface area contributed by atoms with E-state index in [0.29, 0.717) is 6.54 Å². The van der Waals surface area contributed by atoms with Gasteiger partial charge in [-0.15, -0.1) is 0 Å². The smallest absolute Gasteiger partial charge is 0.330 e. The minimum absolute atomic E-state index is 0.0246. The van der Waals surface area contributed by atoms with Gasteiger partial charge in [-0.3, -0.25) is 13.9 Å². The van der Waals surface area contributed by atoms with E-state index in [1.165, 1.54) is 0 Å². The van der Waals surface area contributed by atoms with Crippen molar-refractivity contribution in [1.29, 1.82) is 0 Å². The Morgan fingerprint density at radius 1 is 0.905 bits per heavy atom. The lowest BCUT2D eigenvalue weighted by molar-refractivity contribution is 0.220. The fraction of sp³-hybridized carbons (Fsp3) is 0.917. The summed E-state index contributed by atoms with van der Waals surface area (Å²) in [5.41, 5.74) is -0.588. The van der Waals surface area contributed by atoms with Gasteiger partial charge < -0.3 is 18.9 Å². The van der Waals surface area contributed by atoms with Crippen molar-refractivity contribution >= 4 is 20.6 Å². The monoisotopic (exact) mass is 343 g/mol. The molecule has 9 heteroatoms. The molecule has 0 heterocycles. The molecule has 21 heavy (non-hydrogen) atoms. The van der Waals surface area contributed by atoms with Gasteiger partial charge in [0, 0.05) is 12.7 Å². The number of rotatable bonds is 12. The maximum atomic E-state index is 12.5. The second kappa shape index (κ2) is 10.5. The number of amides is 1. The molecule has 0 spiro atoms. The Balaban J connectivity index is 4.65. The lowest BCUT2D eigenvalue weighted by Crippen LogP contribution is -2.23. The third-order valence-corrected chi connectivity index (χ3v) is 7.04. The van der Waals surface area contributed by atoms with E-state index in [-0.39, 0.29) is 38.6 Å². The van der Waals surface area contributed by atoms with Gasteiger partial charge in [0.2, 0.25) is 0 Å². The van der Waals surface area contributed by atoms with Gasteiger partial charge in [0.25, 0.3) is 7.37 Å². The SMILES string of the molecule is CCNC(=O)P(=O)(CCCP(=O)(OCC)OCC)OCC. The van der Waals surface area contributed by atoms with Gasteiger partial charge in [0.1, 0.15) is 0 Å². The van der Waals surface area contributed by atoms with E-state index in [0.717, 1.165) is 0 Å². The van der Waals surface area contributed by atoms with Crippen LogP contribution in [0.3, 0.4) is 0 Å². The zero-order valence-electron chi connectivity index (χ0n) is 13.3. The van der Waals surface area contributed by atoms with E-state index in [1.807, 2.05) is 0 Å². The van der Waals surface area contributed by atoms with Gasteiger partial charge in [0.15, 0.2) is 0 Å². The molecule has 0 aromatic rings. The Hall–Kier alpha value is -0.190. The van der Waals surface area contributed by atoms with Crippen LogP contribution in [-0.4, -0.2) is 44.3 Å². The van der Waals surface area contributed by atoms with Gasteiger partial charge >= 0.3 is 13.2 Å². The zero-order valence-corrected chi connectivity index (χ0v) is 15.1. The molecule has 126 valence electrons. The van der Waals surface area contributed by atoms with Gasteiger partial charge in [-0.1, -0.05) is 0 Å². The highest BCUT2D eigenvalue weighted by Gasteiger charge is 2.33.